The average molecular weight is 334 g/mol. The van der Waals surface area contributed by atoms with Crippen molar-refractivity contribution in [1.29, 1.82) is 0 Å². The number of carbonyl (C=O) groups is 1. The molecule has 0 fully saturated rings. The fourth-order valence-electron chi connectivity index (χ4n) is 2.56. The first kappa shape index (κ1) is 15.0. The van der Waals surface area contributed by atoms with Crippen molar-refractivity contribution in [1.82, 2.24) is 24.3 Å². The number of aromatic nitrogens is 5. The number of anilines is 2. The summed E-state index contributed by atoms with van der Waals surface area (Å²) < 4.78 is 7.28. The molecule has 124 valence electrons. The number of hydrogen-bond acceptors (Lipinski definition) is 7. The molecule has 4 aromatic heterocycles. The largest absolute Gasteiger partial charge is 0.420 e. The lowest BCUT2D eigenvalue weighted by Crippen LogP contribution is -1.99. The molecule has 4 aromatic rings. The Balaban J connectivity index is 1.71. The summed E-state index contributed by atoms with van der Waals surface area (Å²) in [5.74, 6) is 0.299. The van der Waals surface area contributed by atoms with Crippen LogP contribution in [0.2, 0.25) is 0 Å². The van der Waals surface area contributed by atoms with Crippen LogP contribution in [0, 0.1) is 6.92 Å². The van der Waals surface area contributed by atoms with Crippen LogP contribution in [0.3, 0.4) is 0 Å². The molecule has 0 aromatic carbocycles. The summed E-state index contributed by atoms with van der Waals surface area (Å²) in [4.78, 5) is 28.5. The van der Waals surface area contributed by atoms with Gasteiger partial charge in [0, 0.05) is 19.3 Å². The number of Topliss-reactive ketones (excluding diaryl/α,β-unsaturated/α-hetero) is 1. The number of nitrogens with one attached hydrogen (secondary N) is 1. The number of oxazole rings is 1. The summed E-state index contributed by atoms with van der Waals surface area (Å²) >= 11 is 0. The van der Waals surface area contributed by atoms with Crippen LogP contribution in [0.4, 0.5) is 12.0 Å². The molecule has 0 amide bonds. The van der Waals surface area contributed by atoms with Gasteiger partial charge in [0.05, 0.1) is 23.3 Å². The molecular weight excluding hydrogens is 320 g/mol. The van der Waals surface area contributed by atoms with Crippen molar-refractivity contribution < 1.29 is 9.21 Å². The highest BCUT2D eigenvalue weighted by Gasteiger charge is 2.14. The Morgan fingerprint density at radius 2 is 2.08 bits per heavy atom. The second-order valence-electron chi connectivity index (χ2n) is 5.45. The van der Waals surface area contributed by atoms with Gasteiger partial charge in [0.25, 0.3) is 0 Å². The zero-order chi connectivity index (χ0) is 17.4. The molecule has 4 heterocycles. The van der Waals surface area contributed by atoms with E-state index in [1.54, 1.807) is 6.20 Å². The van der Waals surface area contributed by atoms with Gasteiger partial charge in [0.15, 0.2) is 11.5 Å². The number of hydrogen-bond donors (Lipinski definition) is 1. The molecule has 0 atom stereocenters. The van der Waals surface area contributed by atoms with Gasteiger partial charge < -0.3 is 4.42 Å². The van der Waals surface area contributed by atoms with Crippen LogP contribution in [0.25, 0.3) is 17.0 Å². The monoisotopic (exact) mass is 334 g/mol. The summed E-state index contributed by atoms with van der Waals surface area (Å²) in [5, 5.41) is 2.87. The minimum absolute atomic E-state index is 0.164. The Labute approximate surface area is 142 Å². The SMILES string of the molecule is CC(=O)c1cnc(Nc2nccc(-c3c(C)nc4ccccn34)n2)o1. The van der Waals surface area contributed by atoms with Crippen molar-refractivity contribution in [2.75, 3.05) is 5.32 Å². The topological polar surface area (TPSA) is 98.2 Å². The minimum atomic E-state index is -0.198. The number of imidazole rings is 1. The Hall–Kier alpha value is -3.55. The summed E-state index contributed by atoms with van der Waals surface area (Å²) in [5.41, 5.74) is 3.32. The lowest BCUT2D eigenvalue weighted by Gasteiger charge is -2.05. The molecule has 0 saturated heterocycles. The van der Waals surface area contributed by atoms with Crippen molar-refractivity contribution >= 4 is 23.4 Å². The van der Waals surface area contributed by atoms with Gasteiger partial charge in [-0.1, -0.05) is 6.07 Å². The minimum Gasteiger partial charge on any atom is -0.420 e. The van der Waals surface area contributed by atoms with Gasteiger partial charge >= 0.3 is 6.01 Å². The number of carbonyl (C=O) groups excluding carboxylic acids is 1. The van der Waals surface area contributed by atoms with E-state index in [0.29, 0.717) is 11.6 Å². The molecule has 0 unspecified atom stereocenters. The van der Waals surface area contributed by atoms with E-state index in [4.69, 9.17) is 4.42 Å². The Morgan fingerprint density at radius 3 is 2.88 bits per heavy atom. The van der Waals surface area contributed by atoms with Crippen molar-refractivity contribution in [3.8, 4) is 11.4 Å². The molecule has 4 rings (SSSR count). The first-order chi connectivity index (χ1) is 12.1. The lowest BCUT2D eigenvalue weighted by molar-refractivity contribution is 0.0988. The van der Waals surface area contributed by atoms with Crippen molar-refractivity contribution in [3.05, 3.63) is 54.3 Å². The summed E-state index contributed by atoms with van der Waals surface area (Å²) in [6.07, 6.45) is 4.94. The summed E-state index contributed by atoms with van der Waals surface area (Å²) in [7, 11) is 0. The zero-order valence-electron chi connectivity index (χ0n) is 13.6. The summed E-state index contributed by atoms with van der Waals surface area (Å²) in [6, 6.07) is 7.79. The van der Waals surface area contributed by atoms with E-state index in [1.807, 2.05) is 41.8 Å². The third-order valence-electron chi connectivity index (χ3n) is 3.67. The molecule has 0 saturated carbocycles. The van der Waals surface area contributed by atoms with Gasteiger partial charge in [0.2, 0.25) is 5.95 Å². The smallest absolute Gasteiger partial charge is 0.302 e. The number of rotatable bonds is 4. The predicted octanol–water partition coefficient (Wildman–Crippen LogP) is 3.03. The third-order valence-corrected chi connectivity index (χ3v) is 3.67. The maximum Gasteiger partial charge on any atom is 0.302 e. The van der Waals surface area contributed by atoms with E-state index in [-0.39, 0.29) is 17.6 Å². The highest BCUT2D eigenvalue weighted by molar-refractivity contribution is 5.91. The first-order valence-corrected chi connectivity index (χ1v) is 7.63. The Morgan fingerprint density at radius 1 is 1.20 bits per heavy atom. The maximum atomic E-state index is 11.3. The Kier molecular flexibility index (Phi) is 3.50. The quantitative estimate of drug-likeness (QED) is 0.573. The van der Waals surface area contributed by atoms with E-state index in [9.17, 15) is 4.79 Å². The van der Waals surface area contributed by atoms with Crippen LogP contribution in [-0.2, 0) is 0 Å². The van der Waals surface area contributed by atoms with Crippen molar-refractivity contribution in [2.24, 2.45) is 0 Å². The number of pyridine rings is 1. The zero-order valence-corrected chi connectivity index (χ0v) is 13.6. The van der Waals surface area contributed by atoms with Gasteiger partial charge in [-0.3, -0.25) is 14.5 Å². The van der Waals surface area contributed by atoms with E-state index in [2.05, 4.69) is 25.3 Å². The van der Waals surface area contributed by atoms with Gasteiger partial charge in [-0.25, -0.2) is 19.9 Å². The van der Waals surface area contributed by atoms with Gasteiger partial charge in [0.1, 0.15) is 5.65 Å². The van der Waals surface area contributed by atoms with Crippen LogP contribution < -0.4 is 5.32 Å². The molecule has 0 aliphatic carbocycles. The second-order valence-corrected chi connectivity index (χ2v) is 5.45. The van der Waals surface area contributed by atoms with Crippen molar-refractivity contribution in [3.63, 3.8) is 0 Å². The number of fused-ring (bicyclic) bond motifs is 1. The fraction of sp³-hybridized carbons (Fsp3) is 0.118. The maximum absolute atomic E-state index is 11.3. The third kappa shape index (κ3) is 2.74. The number of ketones is 1. The predicted molar refractivity (Wildman–Crippen MR) is 90.7 cm³/mol. The van der Waals surface area contributed by atoms with Gasteiger partial charge in [-0.15, -0.1) is 0 Å². The van der Waals surface area contributed by atoms with Gasteiger partial charge in [-0.05, 0) is 25.1 Å². The van der Waals surface area contributed by atoms with Gasteiger partial charge in [-0.2, -0.15) is 0 Å². The molecule has 1 N–H and O–H groups in total. The van der Waals surface area contributed by atoms with E-state index < -0.39 is 0 Å². The highest BCUT2D eigenvalue weighted by Crippen LogP contribution is 2.24. The number of nitrogens with zero attached hydrogens (tertiary/aromatic N) is 5. The van der Waals surface area contributed by atoms with E-state index in [0.717, 1.165) is 17.0 Å². The highest BCUT2D eigenvalue weighted by atomic mass is 16.4. The van der Waals surface area contributed by atoms with Crippen LogP contribution in [0.15, 0.2) is 47.3 Å². The fourth-order valence-corrected chi connectivity index (χ4v) is 2.56. The molecule has 8 heteroatoms. The lowest BCUT2D eigenvalue weighted by atomic mass is 10.2. The van der Waals surface area contributed by atoms with E-state index in [1.165, 1.54) is 13.1 Å². The molecule has 0 radical (unpaired) electrons. The second kappa shape index (κ2) is 5.82. The van der Waals surface area contributed by atoms with Crippen LogP contribution in [0.1, 0.15) is 23.2 Å². The van der Waals surface area contributed by atoms with Crippen LogP contribution in [-0.4, -0.2) is 30.1 Å². The standard InChI is InChI=1S/C17H14N6O2/c1-10-15(23-8-4-3-5-14(23)20-10)12-6-7-18-16(21-12)22-17-19-9-13(25-17)11(2)24/h3-9H,1-2H3,(H,18,19,21,22). The number of aryl methyl sites for hydroxylation is 1. The normalized spacial score (nSPS) is 11.0. The summed E-state index contributed by atoms with van der Waals surface area (Å²) in [6.45, 7) is 3.35. The molecule has 0 spiro atoms. The molecule has 8 nitrogen and oxygen atoms in total. The average Bonchev–Trinajstić information content (AvgIpc) is 3.18. The molecule has 0 bridgehead atoms. The Bertz CT molecular complexity index is 1080. The molecule has 0 aliphatic heterocycles. The molecule has 25 heavy (non-hydrogen) atoms. The van der Waals surface area contributed by atoms with Crippen molar-refractivity contribution in [2.45, 2.75) is 13.8 Å². The van der Waals surface area contributed by atoms with Crippen LogP contribution >= 0.6 is 0 Å². The molecular formula is C17H14N6O2. The van der Waals surface area contributed by atoms with Crippen LogP contribution in [0.5, 0.6) is 0 Å². The van der Waals surface area contributed by atoms with E-state index >= 15 is 0 Å². The molecule has 0 aliphatic rings. The first-order valence-electron chi connectivity index (χ1n) is 7.63.